The lowest BCUT2D eigenvalue weighted by Gasteiger charge is -2.21. The van der Waals surface area contributed by atoms with Gasteiger partial charge in [-0.05, 0) is 31.9 Å². The SMILES string of the molecule is Cc1ccccc1[C@H](C)NC(C)C/C(N)=N/O. The Morgan fingerprint density at radius 1 is 1.41 bits per heavy atom. The number of hydrogen-bond acceptors (Lipinski definition) is 3. The first-order valence-electron chi connectivity index (χ1n) is 5.82. The Balaban J connectivity index is 2.60. The van der Waals surface area contributed by atoms with Crippen molar-refractivity contribution in [3.05, 3.63) is 35.4 Å². The van der Waals surface area contributed by atoms with E-state index in [4.69, 9.17) is 10.9 Å². The molecule has 1 rings (SSSR count). The average Bonchev–Trinajstić information content (AvgIpc) is 2.29. The molecular formula is C13H21N3O. The number of amidine groups is 1. The summed E-state index contributed by atoms with van der Waals surface area (Å²) in [6, 6.07) is 8.70. The van der Waals surface area contributed by atoms with Crippen LogP contribution in [0.4, 0.5) is 0 Å². The van der Waals surface area contributed by atoms with Crippen LogP contribution in [-0.2, 0) is 0 Å². The molecule has 0 fully saturated rings. The van der Waals surface area contributed by atoms with Gasteiger partial charge in [-0.25, -0.2) is 0 Å². The Morgan fingerprint density at radius 2 is 2.06 bits per heavy atom. The Morgan fingerprint density at radius 3 is 2.65 bits per heavy atom. The first kappa shape index (κ1) is 13.5. The third-order valence-electron chi connectivity index (χ3n) is 2.83. The summed E-state index contributed by atoms with van der Waals surface area (Å²) in [6.45, 7) is 6.24. The number of hydrogen-bond donors (Lipinski definition) is 3. The fourth-order valence-corrected chi connectivity index (χ4v) is 2.00. The van der Waals surface area contributed by atoms with E-state index in [9.17, 15) is 0 Å². The van der Waals surface area contributed by atoms with Crippen molar-refractivity contribution in [2.24, 2.45) is 10.9 Å². The van der Waals surface area contributed by atoms with Crippen molar-refractivity contribution in [2.45, 2.75) is 39.3 Å². The lowest BCUT2D eigenvalue weighted by molar-refractivity contribution is 0.315. The van der Waals surface area contributed by atoms with Crippen LogP contribution in [0.2, 0.25) is 0 Å². The molecule has 0 aliphatic carbocycles. The molecule has 2 atom stereocenters. The molecule has 0 heterocycles. The molecule has 0 radical (unpaired) electrons. The Bertz CT molecular complexity index is 390. The van der Waals surface area contributed by atoms with Crippen molar-refractivity contribution in [3.63, 3.8) is 0 Å². The van der Waals surface area contributed by atoms with Crippen molar-refractivity contribution in [1.82, 2.24) is 5.32 Å². The molecule has 0 aliphatic heterocycles. The number of nitrogens with one attached hydrogen (secondary N) is 1. The first-order valence-corrected chi connectivity index (χ1v) is 5.82. The van der Waals surface area contributed by atoms with Gasteiger partial charge in [-0.1, -0.05) is 29.4 Å². The fraction of sp³-hybridized carbons (Fsp3) is 0.462. The van der Waals surface area contributed by atoms with Crippen LogP contribution in [-0.4, -0.2) is 17.1 Å². The van der Waals surface area contributed by atoms with Gasteiger partial charge in [0, 0.05) is 18.5 Å². The molecule has 17 heavy (non-hydrogen) atoms. The van der Waals surface area contributed by atoms with Crippen molar-refractivity contribution in [1.29, 1.82) is 0 Å². The summed E-state index contributed by atoms with van der Waals surface area (Å²) >= 11 is 0. The smallest absolute Gasteiger partial charge is 0.140 e. The third kappa shape index (κ3) is 4.07. The monoisotopic (exact) mass is 235 g/mol. The highest BCUT2D eigenvalue weighted by molar-refractivity contribution is 5.80. The highest BCUT2D eigenvalue weighted by Gasteiger charge is 2.12. The Kier molecular flexibility index (Phi) is 4.97. The topological polar surface area (TPSA) is 70.6 Å². The molecular weight excluding hydrogens is 214 g/mol. The molecule has 4 nitrogen and oxygen atoms in total. The molecule has 1 aromatic carbocycles. The maximum atomic E-state index is 8.51. The van der Waals surface area contributed by atoms with Gasteiger partial charge in [0.1, 0.15) is 5.84 Å². The first-order chi connectivity index (χ1) is 8.04. The van der Waals surface area contributed by atoms with Gasteiger partial charge in [-0.2, -0.15) is 0 Å². The lowest BCUT2D eigenvalue weighted by Crippen LogP contribution is -2.33. The maximum Gasteiger partial charge on any atom is 0.140 e. The molecule has 0 aliphatic rings. The van der Waals surface area contributed by atoms with E-state index in [1.807, 2.05) is 19.1 Å². The molecule has 0 aromatic heterocycles. The van der Waals surface area contributed by atoms with Crippen LogP contribution >= 0.6 is 0 Å². The second kappa shape index (κ2) is 6.25. The number of aryl methyl sites for hydroxylation is 1. The molecule has 4 N–H and O–H groups in total. The van der Waals surface area contributed by atoms with E-state index in [1.54, 1.807) is 0 Å². The van der Waals surface area contributed by atoms with Crippen LogP contribution in [0.25, 0.3) is 0 Å². The predicted octanol–water partition coefficient (Wildman–Crippen LogP) is 2.17. The van der Waals surface area contributed by atoms with E-state index in [0.717, 1.165) is 0 Å². The standard InChI is InChI=1S/C13H21N3O/c1-9-6-4-5-7-12(9)11(3)15-10(2)8-13(14)16-17/h4-7,10-11,15,17H,8H2,1-3H3,(H2,14,16)/t10?,11-/m0/s1. The molecule has 1 unspecified atom stereocenters. The van der Waals surface area contributed by atoms with Crippen LogP contribution in [0.15, 0.2) is 29.4 Å². The fourth-order valence-electron chi connectivity index (χ4n) is 2.00. The largest absolute Gasteiger partial charge is 0.409 e. The summed E-state index contributed by atoms with van der Waals surface area (Å²) in [5.74, 6) is 0.252. The molecule has 0 bridgehead atoms. The average molecular weight is 235 g/mol. The Labute approximate surface area is 103 Å². The van der Waals surface area contributed by atoms with E-state index in [2.05, 4.69) is 36.5 Å². The Hall–Kier alpha value is -1.55. The molecule has 0 saturated heterocycles. The zero-order valence-corrected chi connectivity index (χ0v) is 10.6. The number of nitrogens with two attached hydrogens (primary N) is 1. The molecule has 0 amide bonds. The summed E-state index contributed by atoms with van der Waals surface area (Å²) in [4.78, 5) is 0. The van der Waals surface area contributed by atoms with E-state index < -0.39 is 0 Å². The number of nitrogens with zero attached hydrogens (tertiary/aromatic N) is 1. The molecule has 0 saturated carbocycles. The van der Waals surface area contributed by atoms with Crippen LogP contribution < -0.4 is 11.1 Å². The summed E-state index contributed by atoms with van der Waals surface area (Å²) in [7, 11) is 0. The van der Waals surface area contributed by atoms with Crippen molar-refractivity contribution in [2.75, 3.05) is 0 Å². The van der Waals surface area contributed by atoms with Crippen molar-refractivity contribution in [3.8, 4) is 0 Å². The number of rotatable bonds is 5. The van der Waals surface area contributed by atoms with E-state index >= 15 is 0 Å². The maximum absolute atomic E-state index is 8.51. The van der Waals surface area contributed by atoms with Gasteiger partial charge in [-0.3, -0.25) is 0 Å². The van der Waals surface area contributed by atoms with Crippen molar-refractivity contribution >= 4 is 5.84 Å². The molecule has 94 valence electrons. The minimum atomic E-state index is 0.167. The minimum absolute atomic E-state index is 0.167. The van der Waals surface area contributed by atoms with Crippen molar-refractivity contribution < 1.29 is 5.21 Å². The lowest BCUT2D eigenvalue weighted by atomic mass is 10.0. The van der Waals surface area contributed by atoms with Gasteiger partial charge < -0.3 is 16.3 Å². The van der Waals surface area contributed by atoms with Gasteiger partial charge >= 0.3 is 0 Å². The number of benzene rings is 1. The van der Waals surface area contributed by atoms with Crippen LogP contribution in [0.3, 0.4) is 0 Å². The van der Waals surface area contributed by atoms with Crippen LogP contribution in [0, 0.1) is 6.92 Å². The quantitative estimate of drug-likeness (QED) is 0.317. The highest BCUT2D eigenvalue weighted by atomic mass is 16.4. The predicted molar refractivity (Wildman–Crippen MR) is 70.2 cm³/mol. The molecule has 4 heteroatoms. The summed E-state index contributed by atoms with van der Waals surface area (Å²) in [6.07, 6.45) is 0.534. The summed E-state index contributed by atoms with van der Waals surface area (Å²) in [5, 5.41) is 14.9. The zero-order chi connectivity index (χ0) is 12.8. The second-order valence-electron chi connectivity index (χ2n) is 4.44. The van der Waals surface area contributed by atoms with Crippen LogP contribution in [0.5, 0.6) is 0 Å². The highest BCUT2D eigenvalue weighted by Crippen LogP contribution is 2.17. The third-order valence-corrected chi connectivity index (χ3v) is 2.83. The van der Waals surface area contributed by atoms with E-state index in [-0.39, 0.29) is 17.9 Å². The van der Waals surface area contributed by atoms with Crippen LogP contribution in [0.1, 0.15) is 37.4 Å². The van der Waals surface area contributed by atoms with Gasteiger partial charge in [-0.15, -0.1) is 0 Å². The molecule has 1 aromatic rings. The van der Waals surface area contributed by atoms with Gasteiger partial charge in [0.05, 0.1) is 0 Å². The zero-order valence-electron chi connectivity index (χ0n) is 10.6. The normalized spacial score (nSPS) is 15.6. The summed E-state index contributed by atoms with van der Waals surface area (Å²) in [5.41, 5.74) is 8.02. The summed E-state index contributed by atoms with van der Waals surface area (Å²) < 4.78 is 0. The van der Waals surface area contributed by atoms with E-state index in [1.165, 1.54) is 11.1 Å². The second-order valence-corrected chi connectivity index (χ2v) is 4.44. The molecule has 0 spiro atoms. The van der Waals surface area contributed by atoms with Gasteiger partial charge in [0.2, 0.25) is 0 Å². The van der Waals surface area contributed by atoms with E-state index in [0.29, 0.717) is 6.42 Å². The number of oxime groups is 1. The minimum Gasteiger partial charge on any atom is -0.409 e. The van der Waals surface area contributed by atoms with Gasteiger partial charge in [0.15, 0.2) is 0 Å². The van der Waals surface area contributed by atoms with Gasteiger partial charge in [0.25, 0.3) is 0 Å².